The SMILES string of the molecule is CC(C)Cc1cc(-c2ccccc2)cc[c]1[Ge]([CH3])([CH3])[CH3]. The molecule has 0 amide bonds. The summed E-state index contributed by atoms with van der Waals surface area (Å²) < 4.78 is 1.67. The summed E-state index contributed by atoms with van der Waals surface area (Å²) in [5.74, 6) is 8.17. The van der Waals surface area contributed by atoms with Gasteiger partial charge in [-0.05, 0) is 0 Å². The molecule has 0 radical (unpaired) electrons. The zero-order valence-corrected chi connectivity index (χ0v) is 15.5. The Kier molecular flexibility index (Phi) is 4.75. The Labute approximate surface area is 126 Å². The molecule has 1 heteroatoms. The molecular formula is C19H26Ge. The first kappa shape index (κ1) is 15.4. The van der Waals surface area contributed by atoms with Crippen molar-refractivity contribution in [2.24, 2.45) is 5.92 Å². The predicted molar refractivity (Wildman–Crippen MR) is 93.4 cm³/mol. The van der Waals surface area contributed by atoms with E-state index in [9.17, 15) is 0 Å². The average Bonchev–Trinajstić information content (AvgIpc) is 2.37. The van der Waals surface area contributed by atoms with Crippen LogP contribution in [0.25, 0.3) is 11.1 Å². The van der Waals surface area contributed by atoms with E-state index >= 15 is 0 Å². The van der Waals surface area contributed by atoms with Gasteiger partial charge in [-0.2, -0.15) is 0 Å². The van der Waals surface area contributed by atoms with E-state index in [0.717, 1.165) is 0 Å². The van der Waals surface area contributed by atoms with Crippen molar-refractivity contribution in [3.05, 3.63) is 54.1 Å². The summed E-state index contributed by atoms with van der Waals surface area (Å²) in [5.41, 5.74) is 4.26. The van der Waals surface area contributed by atoms with Crippen molar-refractivity contribution in [3.8, 4) is 11.1 Å². The molecule has 0 bridgehead atoms. The van der Waals surface area contributed by atoms with Crippen molar-refractivity contribution in [2.45, 2.75) is 37.5 Å². The quantitative estimate of drug-likeness (QED) is 0.686. The van der Waals surface area contributed by atoms with E-state index in [1.54, 1.807) is 9.96 Å². The van der Waals surface area contributed by atoms with Gasteiger partial charge in [0.2, 0.25) is 0 Å². The minimum absolute atomic E-state index is 0.713. The van der Waals surface area contributed by atoms with Gasteiger partial charge in [0.05, 0.1) is 0 Å². The summed E-state index contributed by atoms with van der Waals surface area (Å²) in [4.78, 5) is 0. The third-order valence-electron chi connectivity index (χ3n) is 3.65. The van der Waals surface area contributed by atoms with Gasteiger partial charge in [-0.1, -0.05) is 0 Å². The number of rotatable bonds is 4. The molecular weight excluding hydrogens is 301 g/mol. The Morgan fingerprint density at radius 2 is 1.50 bits per heavy atom. The van der Waals surface area contributed by atoms with Crippen LogP contribution < -0.4 is 4.40 Å². The molecule has 0 atom stereocenters. The zero-order valence-electron chi connectivity index (χ0n) is 13.4. The normalized spacial score (nSPS) is 11.9. The second-order valence-corrected chi connectivity index (χ2v) is 17.7. The molecule has 2 rings (SSSR count). The van der Waals surface area contributed by atoms with Crippen LogP contribution in [0, 0.1) is 5.92 Å². The third-order valence-corrected chi connectivity index (χ3v) is 8.06. The van der Waals surface area contributed by atoms with E-state index in [1.165, 1.54) is 17.5 Å². The summed E-state index contributed by atoms with van der Waals surface area (Å²) >= 11 is -1.79. The monoisotopic (exact) mass is 328 g/mol. The molecule has 0 aromatic heterocycles. The van der Waals surface area contributed by atoms with Crippen LogP contribution >= 0.6 is 0 Å². The molecule has 0 N–H and O–H groups in total. The fourth-order valence-corrected chi connectivity index (χ4v) is 6.35. The van der Waals surface area contributed by atoms with E-state index in [4.69, 9.17) is 0 Å². The zero-order chi connectivity index (χ0) is 14.8. The Morgan fingerprint density at radius 3 is 2.05 bits per heavy atom. The van der Waals surface area contributed by atoms with Gasteiger partial charge in [0.15, 0.2) is 0 Å². The van der Waals surface area contributed by atoms with Gasteiger partial charge in [-0.25, -0.2) is 0 Å². The molecule has 0 aliphatic heterocycles. The molecule has 0 aliphatic carbocycles. The first-order valence-electron chi connectivity index (χ1n) is 7.57. The Hall–Kier alpha value is -1.02. The molecule has 0 unspecified atom stereocenters. The first-order chi connectivity index (χ1) is 9.38. The fourth-order valence-electron chi connectivity index (χ4n) is 2.74. The van der Waals surface area contributed by atoms with Gasteiger partial charge >= 0.3 is 126 Å². The number of hydrogen-bond donors (Lipinski definition) is 0. The van der Waals surface area contributed by atoms with Crippen molar-refractivity contribution in [3.63, 3.8) is 0 Å². The van der Waals surface area contributed by atoms with Gasteiger partial charge in [0, 0.05) is 0 Å². The minimum atomic E-state index is -1.79. The summed E-state index contributed by atoms with van der Waals surface area (Å²) in [7, 11) is 0. The van der Waals surface area contributed by atoms with Crippen molar-refractivity contribution < 1.29 is 0 Å². The molecule has 2 aromatic carbocycles. The second-order valence-electron chi connectivity index (χ2n) is 7.09. The van der Waals surface area contributed by atoms with Crippen LogP contribution in [-0.4, -0.2) is 13.3 Å². The Morgan fingerprint density at radius 1 is 0.850 bits per heavy atom. The van der Waals surface area contributed by atoms with Gasteiger partial charge in [-0.3, -0.25) is 0 Å². The van der Waals surface area contributed by atoms with Gasteiger partial charge in [-0.15, -0.1) is 0 Å². The summed E-state index contributed by atoms with van der Waals surface area (Å²) in [6.07, 6.45) is 1.19. The molecule has 0 spiro atoms. The van der Waals surface area contributed by atoms with E-state index < -0.39 is 13.3 Å². The molecule has 0 aliphatic rings. The van der Waals surface area contributed by atoms with Gasteiger partial charge in [0.25, 0.3) is 0 Å². The van der Waals surface area contributed by atoms with Crippen molar-refractivity contribution in [2.75, 3.05) is 0 Å². The summed E-state index contributed by atoms with van der Waals surface area (Å²) in [6, 6.07) is 17.9. The molecule has 0 saturated heterocycles. The van der Waals surface area contributed by atoms with Crippen LogP contribution in [0.2, 0.25) is 17.3 Å². The maximum absolute atomic E-state index is 2.49. The van der Waals surface area contributed by atoms with Crippen LogP contribution in [0.5, 0.6) is 0 Å². The van der Waals surface area contributed by atoms with E-state index in [-0.39, 0.29) is 0 Å². The molecule has 20 heavy (non-hydrogen) atoms. The Bertz CT molecular complexity index is 562. The summed E-state index contributed by atoms with van der Waals surface area (Å²) in [5, 5.41) is 0. The molecule has 0 saturated carbocycles. The van der Waals surface area contributed by atoms with Crippen molar-refractivity contribution >= 4 is 17.7 Å². The number of hydrogen-bond acceptors (Lipinski definition) is 0. The van der Waals surface area contributed by atoms with Crippen LogP contribution in [0.3, 0.4) is 0 Å². The van der Waals surface area contributed by atoms with Gasteiger partial charge < -0.3 is 0 Å². The topological polar surface area (TPSA) is 0 Å². The van der Waals surface area contributed by atoms with Crippen molar-refractivity contribution in [1.82, 2.24) is 0 Å². The van der Waals surface area contributed by atoms with Crippen LogP contribution in [0.4, 0.5) is 0 Å². The summed E-state index contributed by atoms with van der Waals surface area (Å²) in [6.45, 7) is 4.63. The van der Waals surface area contributed by atoms with E-state index in [2.05, 4.69) is 79.6 Å². The van der Waals surface area contributed by atoms with Gasteiger partial charge in [0.1, 0.15) is 0 Å². The molecule has 106 valence electrons. The standard InChI is InChI=1S/C19H26Ge/c1-15(2)13-18-14-17(16-9-7-6-8-10-16)11-12-19(18)20(3,4)5/h6-12,14-15H,13H2,1-5H3. The average molecular weight is 327 g/mol. The third kappa shape index (κ3) is 3.76. The molecule has 0 heterocycles. The van der Waals surface area contributed by atoms with Crippen LogP contribution in [0.15, 0.2) is 48.5 Å². The predicted octanol–water partition coefficient (Wildman–Crippen LogP) is 5.10. The van der Waals surface area contributed by atoms with Crippen molar-refractivity contribution in [1.29, 1.82) is 0 Å². The van der Waals surface area contributed by atoms with E-state index in [1.807, 2.05) is 0 Å². The maximum atomic E-state index is 2.49. The fraction of sp³-hybridized carbons (Fsp3) is 0.368. The molecule has 0 fully saturated rings. The second kappa shape index (κ2) is 6.17. The van der Waals surface area contributed by atoms with Crippen LogP contribution in [-0.2, 0) is 6.42 Å². The first-order valence-corrected chi connectivity index (χ1v) is 14.9. The molecule has 0 nitrogen and oxygen atoms in total. The van der Waals surface area contributed by atoms with E-state index in [0.29, 0.717) is 5.92 Å². The van der Waals surface area contributed by atoms with Crippen LogP contribution in [0.1, 0.15) is 19.4 Å². The molecule has 2 aromatic rings. The Balaban J connectivity index is 2.49. The number of benzene rings is 2.